The van der Waals surface area contributed by atoms with E-state index in [0.29, 0.717) is 26.2 Å². The molecule has 1 heterocycles. The summed E-state index contributed by atoms with van der Waals surface area (Å²) in [6, 6.07) is 13.3. The number of carboxylic acid groups (broad SMARTS) is 1. The number of sulfone groups is 1. The summed E-state index contributed by atoms with van der Waals surface area (Å²) in [6.45, 7) is 2.75. The molecular formula is C25H31F2NO5S. The number of methoxy groups -OCH3 is 1. The molecule has 1 fully saturated rings. The van der Waals surface area contributed by atoms with Crippen molar-refractivity contribution in [3.63, 3.8) is 0 Å². The summed E-state index contributed by atoms with van der Waals surface area (Å²) in [5, 5.41) is 9.93. The Kier molecular flexibility index (Phi) is 8.10. The van der Waals surface area contributed by atoms with Crippen LogP contribution in [0.4, 0.5) is 8.78 Å². The number of benzene rings is 2. The van der Waals surface area contributed by atoms with Gasteiger partial charge in [0.05, 0.1) is 11.5 Å². The smallest absolute Gasteiger partial charge is 0.325 e. The highest BCUT2D eigenvalue weighted by Crippen LogP contribution is 2.36. The highest BCUT2D eigenvalue weighted by Gasteiger charge is 2.53. The highest BCUT2D eigenvalue weighted by atomic mass is 32.2. The molecule has 9 heteroatoms. The number of halogens is 2. The predicted octanol–water partition coefficient (Wildman–Crippen LogP) is 4.28. The van der Waals surface area contributed by atoms with Crippen molar-refractivity contribution in [3.05, 3.63) is 54.1 Å². The molecule has 2 aromatic rings. The fourth-order valence-corrected chi connectivity index (χ4v) is 6.13. The predicted molar refractivity (Wildman–Crippen MR) is 126 cm³/mol. The van der Waals surface area contributed by atoms with Crippen LogP contribution in [0.1, 0.15) is 31.7 Å². The van der Waals surface area contributed by atoms with E-state index in [2.05, 4.69) is 0 Å². The van der Waals surface area contributed by atoms with Crippen molar-refractivity contribution in [2.24, 2.45) is 0 Å². The largest absolute Gasteiger partial charge is 0.480 e. The SMILES string of the molecule is COCCN1CCC(C(=O)O)(S(=O)(=O)c2ccc(-c3ccc(CCC(C)(F)F)cc3)cc2)CC1. The van der Waals surface area contributed by atoms with Crippen molar-refractivity contribution in [1.29, 1.82) is 0 Å². The van der Waals surface area contributed by atoms with Gasteiger partial charge in [-0.3, -0.25) is 4.79 Å². The lowest BCUT2D eigenvalue weighted by molar-refractivity contribution is -0.141. The lowest BCUT2D eigenvalue weighted by Gasteiger charge is -2.38. The number of rotatable bonds is 10. The first kappa shape index (κ1) is 26.2. The van der Waals surface area contributed by atoms with Gasteiger partial charge in [0.25, 0.3) is 0 Å². The average Bonchev–Trinajstić information content (AvgIpc) is 2.81. The van der Waals surface area contributed by atoms with Crippen LogP contribution in [-0.2, 0) is 25.8 Å². The lowest BCUT2D eigenvalue weighted by atomic mass is 9.96. The number of ether oxygens (including phenoxy) is 1. The van der Waals surface area contributed by atoms with E-state index in [1.165, 1.54) is 12.1 Å². The molecule has 1 aliphatic heterocycles. The van der Waals surface area contributed by atoms with Crippen LogP contribution in [0.15, 0.2) is 53.4 Å². The van der Waals surface area contributed by atoms with Gasteiger partial charge in [-0.25, -0.2) is 17.2 Å². The maximum atomic E-state index is 13.4. The maximum absolute atomic E-state index is 13.4. The summed E-state index contributed by atoms with van der Waals surface area (Å²) < 4.78 is 56.2. The fraction of sp³-hybridized carbons (Fsp3) is 0.480. The Morgan fingerprint density at radius 2 is 1.59 bits per heavy atom. The number of likely N-dealkylation sites (tertiary alicyclic amines) is 1. The molecule has 0 unspecified atom stereocenters. The van der Waals surface area contributed by atoms with E-state index in [1.807, 2.05) is 4.90 Å². The van der Waals surface area contributed by atoms with Crippen molar-refractivity contribution < 1.29 is 31.8 Å². The van der Waals surface area contributed by atoms with Crippen molar-refractivity contribution in [2.75, 3.05) is 33.4 Å². The van der Waals surface area contributed by atoms with E-state index in [-0.39, 0.29) is 30.6 Å². The van der Waals surface area contributed by atoms with E-state index >= 15 is 0 Å². The van der Waals surface area contributed by atoms with E-state index in [9.17, 15) is 27.1 Å². The van der Waals surface area contributed by atoms with Crippen LogP contribution < -0.4 is 0 Å². The van der Waals surface area contributed by atoms with E-state index < -0.39 is 26.5 Å². The van der Waals surface area contributed by atoms with Gasteiger partial charge in [0, 0.05) is 33.2 Å². The molecule has 0 bridgehead atoms. The van der Waals surface area contributed by atoms with Gasteiger partial charge in [0.15, 0.2) is 14.6 Å². The third-order valence-electron chi connectivity index (χ3n) is 6.48. The summed E-state index contributed by atoms with van der Waals surface area (Å²) >= 11 is 0. The number of aryl methyl sites for hydroxylation is 1. The van der Waals surface area contributed by atoms with Crippen molar-refractivity contribution in [3.8, 4) is 11.1 Å². The number of alkyl halides is 2. The first-order valence-corrected chi connectivity index (χ1v) is 12.7. The molecule has 6 nitrogen and oxygen atoms in total. The zero-order valence-electron chi connectivity index (χ0n) is 19.5. The number of piperidine rings is 1. The second-order valence-electron chi connectivity index (χ2n) is 8.93. The summed E-state index contributed by atoms with van der Waals surface area (Å²) in [4.78, 5) is 14.2. The lowest BCUT2D eigenvalue weighted by Crippen LogP contribution is -2.54. The Morgan fingerprint density at radius 3 is 2.06 bits per heavy atom. The van der Waals surface area contributed by atoms with Gasteiger partial charge in [0.1, 0.15) is 0 Å². The molecular weight excluding hydrogens is 464 g/mol. The maximum Gasteiger partial charge on any atom is 0.325 e. The first-order chi connectivity index (χ1) is 16.0. The number of hydrogen-bond donors (Lipinski definition) is 1. The Balaban J connectivity index is 1.76. The molecule has 0 radical (unpaired) electrons. The summed E-state index contributed by atoms with van der Waals surface area (Å²) in [5.74, 6) is -4.04. The third kappa shape index (κ3) is 5.82. The van der Waals surface area contributed by atoms with Gasteiger partial charge in [-0.2, -0.15) is 0 Å². The quantitative estimate of drug-likeness (QED) is 0.530. The molecule has 1 saturated heterocycles. The summed E-state index contributed by atoms with van der Waals surface area (Å²) in [7, 11) is -2.54. The third-order valence-corrected chi connectivity index (χ3v) is 8.99. The van der Waals surface area contributed by atoms with Crippen LogP contribution in [0.5, 0.6) is 0 Å². The normalized spacial score (nSPS) is 16.9. The standard InChI is InChI=1S/C25H31F2NO5S/c1-24(26,27)12-11-19-3-5-20(6-4-19)21-7-9-22(10-8-21)34(31,32)25(23(29)30)13-15-28(16-14-25)17-18-33-2/h3-10H,11-18H2,1-2H3,(H,29,30). The molecule has 0 saturated carbocycles. The summed E-state index contributed by atoms with van der Waals surface area (Å²) in [5.41, 5.74) is 2.37. The van der Waals surface area contributed by atoms with Gasteiger partial charge in [-0.1, -0.05) is 36.4 Å². The average molecular weight is 496 g/mol. The Bertz CT molecular complexity index is 1070. The molecule has 1 aliphatic rings. The molecule has 0 atom stereocenters. The highest BCUT2D eigenvalue weighted by molar-refractivity contribution is 7.93. The minimum atomic E-state index is -4.12. The van der Waals surface area contributed by atoms with Gasteiger partial charge in [-0.05, 0) is 55.0 Å². The second-order valence-corrected chi connectivity index (χ2v) is 11.2. The molecule has 0 amide bonds. The van der Waals surface area contributed by atoms with Gasteiger partial charge in [-0.15, -0.1) is 0 Å². The number of hydrogen-bond acceptors (Lipinski definition) is 5. The Hall–Kier alpha value is -2.36. The first-order valence-electron chi connectivity index (χ1n) is 11.2. The molecule has 186 valence electrons. The summed E-state index contributed by atoms with van der Waals surface area (Å²) in [6.07, 6.45) is 0.0539. The minimum Gasteiger partial charge on any atom is -0.480 e. The van der Waals surface area contributed by atoms with Crippen LogP contribution in [0.3, 0.4) is 0 Å². The number of aliphatic carboxylic acids is 1. The zero-order valence-corrected chi connectivity index (χ0v) is 20.3. The Labute approximate surface area is 199 Å². The monoisotopic (exact) mass is 495 g/mol. The molecule has 1 N–H and O–H groups in total. The van der Waals surface area contributed by atoms with E-state index in [1.54, 1.807) is 43.5 Å². The van der Waals surface area contributed by atoms with Crippen LogP contribution in [0.25, 0.3) is 11.1 Å². The molecule has 3 rings (SSSR count). The van der Waals surface area contributed by atoms with Crippen LogP contribution >= 0.6 is 0 Å². The van der Waals surface area contributed by atoms with E-state index in [4.69, 9.17) is 4.74 Å². The minimum absolute atomic E-state index is 0.00833. The van der Waals surface area contributed by atoms with Gasteiger partial charge >= 0.3 is 5.97 Å². The van der Waals surface area contributed by atoms with E-state index in [0.717, 1.165) is 23.6 Å². The Morgan fingerprint density at radius 1 is 1.06 bits per heavy atom. The van der Waals surface area contributed by atoms with Crippen LogP contribution in [0, 0.1) is 0 Å². The molecule has 34 heavy (non-hydrogen) atoms. The van der Waals surface area contributed by atoms with Crippen LogP contribution in [0.2, 0.25) is 0 Å². The molecule has 0 aromatic heterocycles. The molecule has 0 spiro atoms. The fourth-order valence-electron chi connectivity index (χ4n) is 4.24. The van der Waals surface area contributed by atoms with Gasteiger partial charge in [0.2, 0.25) is 5.92 Å². The second kappa shape index (κ2) is 10.5. The van der Waals surface area contributed by atoms with Crippen LogP contribution in [-0.4, -0.2) is 68.4 Å². The van der Waals surface area contributed by atoms with Crippen molar-refractivity contribution >= 4 is 15.8 Å². The number of nitrogens with zero attached hydrogens (tertiary/aromatic N) is 1. The number of carboxylic acids is 1. The van der Waals surface area contributed by atoms with Gasteiger partial charge < -0.3 is 14.7 Å². The molecule has 2 aromatic carbocycles. The number of carbonyl (C=O) groups is 1. The zero-order chi connectivity index (χ0) is 25.0. The van der Waals surface area contributed by atoms with Crippen molar-refractivity contribution in [1.82, 2.24) is 4.90 Å². The molecule has 0 aliphatic carbocycles. The topological polar surface area (TPSA) is 83.9 Å². The van der Waals surface area contributed by atoms with Crippen molar-refractivity contribution in [2.45, 2.75) is 48.2 Å².